The number of benzene rings is 2. The molecule has 0 bridgehead atoms. The topological polar surface area (TPSA) is 35.2 Å². The maximum absolute atomic E-state index is 13.2. The third-order valence-electron chi connectivity index (χ3n) is 3.46. The molecule has 21 heavy (non-hydrogen) atoms. The molecule has 0 aliphatic carbocycles. The molecule has 0 fully saturated rings. The van der Waals surface area contributed by atoms with Crippen molar-refractivity contribution < 1.29 is 13.5 Å². The van der Waals surface area contributed by atoms with E-state index in [0.717, 1.165) is 23.8 Å². The van der Waals surface area contributed by atoms with Crippen LogP contribution in [0.2, 0.25) is 0 Å². The zero-order valence-electron chi connectivity index (χ0n) is 12.0. The van der Waals surface area contributed by atoms with E-state index >= 15 is 0 Å². The van der Waals surface area contributed by atoms with Gasteiger partial charge < -0.3 is 10.5 Å². The second-order valence-electron chi connectivity index (χ2n) is 5.14. The van der Waals surface area contributed by atoms with Crippen molar-refractivity contribution in [2.45, 2.75) is 12.8 Å². The van der Waals surface area contributed by atoms with Gasteiger partial charge in [0.25, 0.3) is 0 Å². The predicted octanol–water partition coefficient (Wildman–Crippen LogP) is 3.33. The van der Waals surface area contributed by atoms with Crippen molar-refractivity contribution in [1.29, 1.82) is 0 Å². The van der Waals surface area contributed by atoms with Gasteiger partial charge in [0.1, 0.15) is 17.4 Å². The first-order chi connectivity index (χ1) is 10.1. The Hall–Kier alpha value is -1.94. The summed E-state index contributed by atoms with van der Waals surface area (Å²) in [5.41, 5.74) is 7.55. The van der Waals surface area contributed by atoms with Gasteiger partial charge in [0.15, 0.2) is 0 Å². The maximum Gasteiger partial charge on any atom is 0.126 e. The zero-order chi connectivity index (χ0) is 15.2. The second kappa shape index (κ2) is 7.18. The van der Waals surface area contributed by atoms with Crippen LogP contribution >= 0.6 is 0 Å². The highest BCUT2D eigenvalue weighted by Gasteiger charge is 2.11. The fourth-order valence-electron chi connectivity index (χ4n) is 2.40. The lowest BCUT2D eigenvalue weighted by Crippen LogP contribution is -2.19. The molecule has 0 aromatic heterocycles. The van der Waals surface area contributed by atoms with Crippen molar-refractivity contribution in [3.05, 3.63) is 65.2 Å². The summed E-state index contributed by atoms with van der Waals surface area (Å²) in [5, 5.41) is 0. The molecule has 0 aliphatic rings. The van der Waals surface area contributed by atoms with Crippen LogP contribution in [0.1, 0.15) is 11.1 Å². The van der Waals surface area contributed by atoms with E-state index in [2.05, 4.69) is 0 Å². The SMILES string of the molecule is COc1ccc(CC(CN)Cc2cc(F)cc(F)c2)cc1. The highest BCUT2D eigenvalue weighted by molar-refractivity contribution is 5.28. The molecule has 2 aromatic carbocycles. The number of halogens is 2. The number of rotatable bonds is 6. The van der Waals surface area contributed by atoms with Crippen LogP contribution in [0.4, 0.5) is 8.78 Å². The Morgan fingerprint density at radius 2 is 1.52 bits per heavy atom. The lowest BCUT2D eigenvalue weighted by molar-refractivity contribution is 0.414. The number of hydrogen-bond donors (Lipinski definition) is 1. The molecule has 0 saturated carbocycles. The van der Waals surface area contributed by atoms with E-state index < -0.39 is 11.6 Å². The van der Waals surface area contributed by atoms with Gasteiger partial charge in [0.05, 0.1) is 7.11 Å². The van der Waals surface area contributed by atoms with Gasteiger partial charge >= 0.3 is 0 Å². The number of hydrogen-bond acceptors (Lipinski definition) is 2. The van der Waals surface area contributed by atoms with Crippen molar-refractivity contribution in [3.8, 4) is 5.75 Å². The average Bonchev–Trinajstić information content (AvgIpc) is 2.46. The second-order valence-corrected chi connectivity index (χ2v) is 5.14. The Balaban J connectivity index is 2.05. The van der Waals surface area contributed by atoms with Crippen LogP contribution in [0.25, 0.3) is 0 Å². The van der Waals surface area contributed by atoms with Gasteiger partial charge in [0.2, 0.25) is 0 Å². The van der Waals surface area contributed by atoms with Gasteiger partial charge in [-0.25, -0.2) is 8.78 Å². The van der Waals surface area contributed by atoms with Gasteiger partial charge in [-0.1, -0.05) is 12.1 Å². The van der Waals surface area contributed by atoms with Crippen molar-refractivity contribution >= 4 is 0 Å². The largest absolute Gasteiger partial charge is 0.497 e. The van der Waals surface area contributed by atoms with E-state index in [-0.39, 0.29) is 5.92 Å². The summed E-state index contributed by atoms with van der Waals surface area (Å²) in [5.74, 6) is -0.162. The average molecular weight is 291 g/mol. The van der Waals surface area contributed by atoms with E-state index in [1.54, 1.807) is 7.11 Å². The highest BCUT2D eigenvalue weighted by atomic mass is 19.1. The van der Waals surface area contributed by atoms with Crippen LogP contribution in [0, 0.1) is 17.6 Å². The third-order valence-corrected chi connectivity index (χ3v) is 3.46. The molecule has 2 aromatic rings. The van der Waals surface area contributed by atoms with E-state index in [4.69, 9.17) is 10.5 Å². The molecule has 4 heteroatoms. The summed E-state index contributed by atoms with van der Waals surface area (Å²) < 4.78 is 31.5. The van der Waals surface area contributed by atoms with Gasteiger partial charge in [-0.2, -0.15) is 0 Å². The fraction of sp³-hybridized carbons (Fsp3) is 0.294. The lowest BCUT2D eigenvalue weighted by Gasteiger charge is -2.15. The highest BCUT2D eigenvalue weighted by Crippen LogP contribution is 2.18. The summed E-state index contributed by atoms with van der Waals surface area (Å²) in [6.07, 6.45) is 1.32. The molecule has 1 atom stereocenters. The molecular weight excluding hydrogens is 272 g/mol. The van der Waals surface area contributed by atoms with Crippen LogP contribution < -0.4 is 10.5 Å². The van der Waals surface area contributed by atoms with Crippen LogP contribution in [-0.4, -0.2) is 13.7 Å². The summed E-state index contributed by atoms with van der Waals surface area (Å²) in [4.78, 5) is 0. The Morgan fingerprint density at radius 3 is 2.05 bits per heavy atom. The third kappa shape index (κ3) is 4.53. The van der Waals surface area contributed by atoms with Crippen molar-refractivity contribution in [3.63, 3.8) is 0 Å². The first kappa shape index (κ1) is 15.4. The zero-order valence-corrected chi connectivity index (χ0v) is 12.0. The normalized spacial score (nSPS) is 12.2. The Labute approximate surface area is 123 Å². The number of nitrogens with two attached hydrogens (primary N) is 1. The van der Waals surface area contributed by atoms with Crippen LogP contribution in [0.15, 0.2) is 42.5 Å². The smallest absolute Gasteiger partial charge is 0.126 e. The summed E-state index contributed by atoms with van der Waals surface area (Å²) in [6.45, 7) is 0.462. The number of methoxy groups -OCH3 is 1. The first-order valence-electron chi connectivity index (χ1n) is 6.88. The summed E-state index contributed by atoms with van der Waals surface area (Å²) >= 11 is 0. The lowest BCUT2D eigenvalue weighted by atomic mass is 9.92. The predicted molar refractivity (Wildman–Crippen MR) is 79.3 cm³/mol. The van der Waals surface area contributed by atoms with Crippen LogP contribution in [0.3, 0.4) is 0 Å². The Bertz CT molecular complexity index is 564. The molecule has 2 N–H and O–H groups in total. The molecule has 0 spiro atoms. The maximum atomic E-state index is 13.2. The van der Waals surface area contributed by atoms with E-state index in [1.807, 2.05) is 24.3 Å². The van der Waals surface area contributed by atoms with Gasteiger partial charge in [0, 0.05) is 6.07 Å². The Kier molecular flexibility index (Phi) is 5.28. The van der Waals surface area contributed by atoms with Gasteiger partial charge in [-0.15, -0.1) is 0 Å². The van der Waals surface area contributed by atoms with Crippen molar-refractivity contribution in [2.24, 2.45) is 11.7 Å². The molecule has 0 aliphatic heterocycles. The van der Waals surface area contributed by atoms with Crippen LogP contribution in [-0.2, 0) is 12.8 Å². The molecule has 0 amide bonds. The van der Waals surface area contributed by atoms with Gasteiger partial charge in [-0.3, -0.25) is 0 Å². The van der Waals surface area contributed by atoms with Crippen LogP contribution in [0.5, 0.6) is 5.75 Å². The molecule has 2 nitrogen and oxygen atoms in total. The van der Waals surface area contributed by atoms with Crippen molar-refractivity contribution in [1.82, 2.24) is 0 Å². The minimum atomic E-state index is -0.551. The molecule has 0 heterocycles. The fourth-order valence-corrected chi connectivity index (χ4v) is 2.40. The molecule has 112 valence electrons. The minimum absolute atomic E-state index is 0.139. The number of ether oxygens (including phenoxy) is 1. The minimum Gasteiger partial charge on any atom is -0.497 e. The van der Waals surface area contributed by atoms with E-state index in [9.17, 15) is 8.78 Å². The standard InChI is InChI=1S/C17H19F2NO/c1-21-17-4-2-12(3-5-17)6-14(11-20)7-13-8-15(18)10-16(19)9-13/h2-5,8-10,14H,6-7,11,20H2,1H3. The quantitative estimate of drug-likeness (QED) is 0.886. The summed E-state index contributed by atoms with van der Waals surface area (Å²) in [6, 6.07) is 11.3. The monoisotopic (exact) mass is 291 g/mol. The molecule has 0 radical (unpaired) electrons. The molecule has 0 saturated heterocycles. The molecule has 2 rings (SSSR count). The summed E-state index contributed by atoms with van der Waals surface area (Å²) in [7, 11) is 1.62. The van der Waals surface area contributed by atoms with Gasteiger partial charge in [-0.05, 0) is 60.7 Å². The van der Waals surface area contributed by atoms with E-state index in [1.165, 1.54) is 12.1 Å². The molecule has 1 unspecified atom stereocenters. The molecular formula is C17H19F2NO. The van der Waals surface area contributed by atoms with Crippen molar-refractivity contribution in [2.75, 3.05) is 13.7 Å². The first-order valence-corrected chi connectivity index (χ1v) is 6.88. The van der Waals surface area contributed by atoms with E-state index in [0.29, 0.717) is 18.5 Å². The Morgan fingerprint density at radius 1 is 0.952 bits per heavy atom.